The van der Waals surface area contributed by atoms with Crippen molar-refractivity contribution in [3.8, 4) is 0 Å². The van der Waals surface area contributed by atoms with Gasteiger partial charge in [0, 0.05) is 11.6 Å². The Morgan fingerprint density at radius 2 is 1.50 bits per heavy atom. The van der Waals surface area contributed by atoms with Gasteiger partial charge in [-0.2, -0.15) is 0 Å². The van der Waals surface area contributed by atoms with Crippen molar-refractivity contribution in [1.29, 1.82) is 0 Å². The molecular formula is C22H29NO. The first kappa shape index (κ1) is 17.0. The van der Waals surface area contributed by atoms with Gasteiger partial charge in [-0.05, 0) is 81.4 Å². The van der Waals surface area contributed by atoms with E-state index in [0.717, 1.165) is 44.2 Å². The minimum absolute atomic E-state index is 0.201. The highest BCUT2D eigenvalue weighted by Gasteiger charge is 2.52. The molecule has 24 heavy (non-hydrogen) atoms. The molecule has 2 atom stereocenters. The van der Waals surface area contributed by atoms with Crippen molar-refractivity contribution in [1.82, 2.24) is 0 Å². The highest BCUT2D eigenvalue weighted by atomic mass is 16.2. The van der Waals surface area contributed by atoms with E-state index in [-0.39, 0.29) is 11.8 Å². The summed E-state index contributed by atoms with van der Waals surface area (Å²) in [5.74, 6) is 1.55. The van der Waals surface area contributed by atoms with Gasteiger partial charge in [0.25, 0.3) is 0 Å². The van der Waals surface area contributed by atoms with E-state index in [1.807, 2.05) is 12.1 Å². The lowest BCUT2D eigenvalue weighted by atomic mass is 10.1. The second kappa shape index (κ2) is 7.83. The maximum Gasteiger partial charge on any atom is 0.228 e. The second-order valence-corrected chi connectivity index (χ2v) is 7.27. The molecule has 0 aliphatic heterocycles. The molecule has 2 nitrogen and oxygen atoms in total. The van der Waals surface area contributed by atoms with Crippen LogP contribution in [0.15, 0.2) is 42.5 Å². The summed E-state index contributed by atoms with van der Waals surface area (Å²) >= 11 is 0. The third kappa shape index (κ3) is 3.98. The summed E-state index contributed by atoms with van der Waals surface area (Å²) < 4.78 is 0. The summed E-state index contributed by atoms with van der Waals surface area (Å²) in [7, 11) is 0. The molecule has 2 unspecified atom stereocenters. The Morgan fingerprint density at radius 3 is 2.12 bits per heavy atom. The van der Waals surface area contributed by atoms with E-state index < -0.39 is 0 Å². The van der Waals surface area contributed by atoms with Gasteiger partial charge in [-0.15, -0.1) is 0 Å². The van der Waals surface area contributed by atoms with Crippen LogP contribution in [0.3, 0.4) is 0 Å². The van der Waals surface area contributed by atoms with Crippen molar-refractivity contribution in [3.63, 3.8) is 0 Å². The fourth-order valence-electron chi connectivity index (χ4n) is 3.96. The van der Waals surface area contributed by atoms with Crippen LogP contribution in [0, 0.1) is 31.6 Å². The first-order chi connectivity index (χ1) is 11.7. The number of nitrogens with one attached hydrogen (secondary N) is 1. The highest BCUT2D eigenvalue weighted by molar-refractivity contribution is 5.95. The number of benzene rings is 1. The van der Waals surface area contributed by atoms with E-state index in [4.69, 9.17) is 0 Å². The van der Waals surface area contributed by atoms with Crippen molar-refractivity contribution in [2.45, 2.75) is 52.4 Å². The van der Waals surface area contributed by atoms with Gasteiger partial charge in [0.15, 0.2) is 0 Å². The van der Waals surface area contributed by atoms with Crippen LogP contribution >= 0.6 is 0 Å². The second-order valence-electron chi connectivity index (χ2n) is 7.27. The Balaban J connectivity index is 1.65. The smallest absolute Gasteiger partial charge is 0.228 e. The number of hydrogen-bond donors (Lipinski definition) is 1. The molecule has 1 amide bonds. The molecule has 2 heteroatoms. The molecular weight excluding hydrogens is 294 g/mol. The number of anilines is 1. The van der Waals surface area contributed by atoms with Crippen LogP contribution < -0.4 is 5.32 Å². The number of carbonyl (C=O) groups is 1. The van der Waals surface area contributed by atoms with Crippen molar-refractivity contribution in [3.05, 3.63) is 53.6 Å². The van der Waals surface area contributed by atoms with E-state index in [2.05, 4.69) is 49.5 Å². The Bertz CT molecular complexity index is 619. The normalized spacial score (nSPS) is 26.8. The SMILES string of the molecule is Cc1cccc(NC(=O)C2C3CCC=CCCC=CCCC32)c1C. The van der Waals surface area contributed by atoms with E-state index in [0.29, 0.717) is 11.8 Å². The van der Waals surface area contributed by atoms with Crippen LogP contribution in [0.4, 0.5) is 5.69 Å². The lowest BCUT2D eigenvalue weighted by molar-refractivity contribution is -0.117. The Kier molecular flexibility index (Phi) is 5.55. The molecule has 0 heterocycles. The predicted molar refractivity (Wildman–Crippen MR) is 101 cm³/mol. The lowest BCUT2D eigenvalue weighted by Gasteiger charge is -2.10. The van der Waals surface area contributed by atoms with Gasteiger partial charge in [0.2, 0.25) is 5.91 Å². The van der Waals surface area contributed by atoms with Gasteiger partial charge in [0.1, 0.15) is 0 Å². The maximum absolute atomic E-state index is 12.8. The third-order valence-corrected chi connectivity index (χ3v) is 5.66. The van der Waals surface area contributed by atoms with Crippen LogP contribution in [-0.2, 0) is 4.79 Å². The number of amides is 1. The number of aryl methyl sites for hydroxylation is 1. The summed E-state index contributed by atoms with van der Waals surface area (Å²) in [5, 5.41) is 3.19. The Hall–Kier alpha value is -1.83. The summed E-state index contributed by atoms with van der Waals surface area (Å²) in [6.45, 7) is 4.17. The molecule has 3 rings (SSSR count). The van der Waals surface area contributed by atoms with Crippen molar-refractivity contribution in [2.24, 2.45) is 17.8 Å². The van der Waals surface area contributed by atoms with Gasteiger partial charge in [-0.25, -0.2) is 0 Å². The van der Waals surface area contributed by atoms with Gasteiger partial charge < -0.3 is 5.32 Å². The topological polar surface area (TPSA) is 29.1 Å². The zero-order valence-corrected chi connectivity index (χ0v) is 14.9. The number of rotatable bonds is 2. The molecule has 0 aromatic heterocycles. The summed E-state index contributed by atoms with van der Waals surface area (Å²) in [5.41, 5.74) is 3.38. The minimum atomic E-state index is 0.201. The fourth-order valence-corrected chi connectivity index (χ4v) is 3.96. The number of hydrogen-bond acceptors (Lipinski definition) is 1. The van der Waals surface area contributed by atoms with E-state index >= 15 is 0 Å². The average Bonchev–Trinajstić information content (AvgIpc) is 3.24. The molecule has 1 saturated carbocycles. The molecule has 2 aliphatic carbocycles. The van der Waals surface area contributed by atoms with E-state index in [9.17, 15) is 4.79 Å². The molecule has 1 aromatic carbocycles. The zero-order valence-electron chi connectivity index (χ0n) is 14.9. The summed E-state index contributed by atoms with van der Waals surface area (Å²) in [4.78, 5) is 12.8. The van der Waals surface area contributed by atoms with Crippen molar-refractivity contribution >= 4 is 11.6 Å². The zero-order chi connectivity index (χ0) is 16.9. The van der Waals surface area contributed by atoms with Crippen LogP contribution in [0.2, 0.25) is 0 Å². The average molecular weight is 323 g/mol. The Morgan fingerprint density at radius 1 is 0.917 bits per heavy atom. The molecule has 0 bridgehead atoms. The molecule has 0 saturated heterocycles. The third-order valence-electron chi connectivity index (χ3n) is 5.66. The predicted octanol–water partition coefficient (Wildman–Crippen LogP) is 5.57. The molecule has 0 spiro atoms. The van der Waals surface area contributed by atoms with Gasteiger partial charge in [0.05, 0.1) is 0 Å². The molecule has 1 N–H and O–H groups in total. The minimum Gasteiger partial charge on any atom is -0.326 e. The van der Waals surface area contributed by atoms with Gasteiger partial charge in [-0.1, -0.05) is 36.4 Å². The summed E-state index contributed by atoms with van der Waals surface area (Å²) in [6, 6.07) is 6.12. The lowest BCUT2D eigenvalue weighted by Crippen LogP contribution is -2.16. The summed E-state index contributed by atoms with van der Waals surface area (Å²) in [6.07, 6.45) is 16.0. The van der Waals surface area contributed by atoms with Gasteiger partial charge >= 0.3 is 0 Å². The molecule has 2 aliphatic rings. The number of carbonyl (C=O) groups excluding carboxylic acids is 1. The van der Waals surface area contributed by atoms with Crippen molar-refractivity contribution in [2.75, 3.05) is 5.32 Å². The highest BCUT2D eigenvalue weighted by Crippen LogP contribution is 2.52. The monoisotopic (exact) mass is 323 g/mol. The van der Waals surface area contributed by atoms with Crippen LogP contribution in [0.1, 0.15) is 49.7 Å². The Labute approximate surface area is 146 Å². The van der Waals surface area contributed by atoms with E-state index in [1.165, 1.54) is 11.1 Å². The maximum atomic E-state index is 12.8. The first-order valence-electron chi connectivity index (χ1n) is 9.35. The van der Waals surface area contributed by atoms with Crippen LogP contribution in [-0.4, -0.2) is 5.91 Å². The molecule has 0 radical (unpaired) electrons. The standard InChI is InChI=1S/C22H29NO/c1-16-12-11-15-20(17(16)2)23-22(24)21-18-13-9-7-5-3-4-6-8-10-14-19(18)21/h5-8,11-12,15,18-19,21H,3-4,9-10,13-14H2,1-2H3,(H,23,24). The van der Waals surface area contributed by atoms with Crippen molar-refractivity contribution < 1.29 is 4.79 Å². The van der Waals surface area contributed by atoms with Gasteiger partial charge in [-0.3, -0.25) is 4.79 Å². The largest absolute Gasteiger partial charge is 0.326 e. The first-order valence-corrected chi connectivity index (χ1v) is 9.35. The quantitative estimate of drug-likeness (QED) is 0.708. The molecule has 1 aromatic rings. The fraction of sp³-hybridized carbons (Fsp3) is 0.500. The van der Waals surface area contributed by atoms with Crippen LogP contribution in [0.5, 0.6) is 0 Å². The number of allylic oxidation sites excluding steroid dienone is 4. The molecule has 1 fully saturated rings. The number of fused-ring (bicyclic) bond motifs is 1. The van der Waals surface area contributed by atoms with E-state index in [1.54, 1.807) is 0 Å². The molecule has 128 valence electrons. The van der Waals surface area contributed by atoms with Crippen LogP contribution in [0.25, 0.3) is 0 Å².